The summed E-state index contributed by atoms with van der Waals surface area (Å²) in [5, 5.41) is 12.1. The number of benzene rings is 1. The van der Waals surface area contributed by atoms with Crippen LogP contribution in [0.15, 0.2) is 35.3 Å². The van der Waals surface area contributed by atoms with Crippen molar-refractivity contribution in [3.05, 3.63) is 47.5 Å². The normalized spacial score (nSPS) is 20.1. The molecule has 1 aliphatic heterocycles. The number of hydrogen-bond acceptors (Lipinski definition) is 3. The van der Waals surface area contributed by atoms with E-state index in [2.05, 4.69) is 57.7 Å². The van der Waals surface area contributed by atoms with Gasteiger partial charge < -0.3 is 14.8 Å². The quantitative estimate of drug-likeness (QED) is 0.650. The van der Waals surface area contributed by atoms with E-state index in [-0.39, 0.29) is 6.04 Å². The lowest BCUT2D eigenvalue weighted by molar-refractivity contribution is 0.308. The minimum atomic E-state index is 0.210. The lowest BCUT2D eigenvalue weighted by atomic mass is 9.86. The Labute approximate surface area is 168 Å². The van der Waals surface area contributed by atoms with Crippen molar-refractivity contribution in [1.29, 1.82) is 0 Å². The Bertz CT molecular complexity index is 819. The zero-order chi connectivity index (χ0) is 19.6. The Kier molecular flexibility index (Phi) is 5.38. The molecule has 1 aromatic carbocycles. The number of nitrogens with zero attached hydrogens (tertiary/aromatic N) is 5. The van der Waals surface area contributed by atoms with Crippen LogP contribution in [0.5, 0.6) is 0 Å². The molecule has 1 spiro atoms. The lowest BCUT2D eigenvalue weighted by Gasteiger charge is -2.28. The Balaban J connectivity index is 1.54. The van der Waals surface area contributed by atoms with E-state index in [1.165, 1.54) is 37.7 Å². The molecular formula is C22H32N6. The summed E-state index contributed by atoms with van der Waals surface area (Å²) >= 11 is 0. The molecule has 28 heavy (non-hydrogen) atoms. The molecule has 2 aromatic rings. The van der Waals surface area contributed by atoms with Crippen LogP contribution < -0.4 is 5.32 Å². The maximum Gasteiger partial charge on any atom is 0.194 e. The molecule has 1 aliphatic carbocycles. The van der Waals surface area contributed by atoms with Crippen LogP contribution in [0, 0.1) is 12.3 Å². The number of nitrogens with one attached hydrogen (secondary N) is 1. The third-order valence-corrected chi connectivity index (χ3v) is 6.60. The standard InChI is InChI=1S/C22H32N6/c1-17(19-9-5-4-6-10-19)24-21(23-15-20-26-25-18(2)27(20)3)28-14-13-22(16-28)11-7-8-12-22/h4-6,9-10,17H,7-8,11-16H2,1-3H3,(H,23,24). The van der Waals surface area contributed by atoms with Crippen LogP contribution in [0.4, 0.5) is 0 Å². The maximum atomic E-state index is 4.98. The molecule has 0 radical (unpaired) electrons. The highest BCUT2D eigenvalue weighted by Gasteiger charge is 2.41. The van der Waals surface area contributed by atoms with Crippen LogP contribution in [-0.2, 0) is 13.6 Å². The van der Waals surface area contributed by atoms with Gasteiger partial charge in [-0.25, -0.2) is 4.99 Å². The summed E-state index contributed by atoms with van der Waals surface area (Å²) in [6, 6.07) is 10.8. The summed E-state index contributed by atoms with van der Waals surface area (Å²) in [7, 11) is 2.00. The van der Waals surface area contributed by atoms with Gasteiger partial charge in [-0.15, -0.1) is 10.2 Å². The first-order valence-electron chi connectivity index (χ1n) is 10.5. The van der Waals surface area contributed by atoms with E-state index in [4.69, 9.17) is 4.99 Å². The number of rotatable bonds is 4. The predicted octanol–water partition coefficient (Wildman–Crippen LogP) is 3.60. The lowest BCUT2D eigenvalue weighted by Crippen LogP contribution is -2.42. The highest BCUT2D eigenvalue weighted by Crippen LogP contribution is 2.45. The second kappa shape index (κ2) is 7.94. The minimum absolute atomic E-state index is 0.210. The molecule has 1 aromatic heterocycles. The van der Waals surface area contributed by atoms with Crippen molar-refractivity contribution in [2.24, 2.45) is 17.5 Å². The van der Waals surface area contributed by atoms with Gasteiger partial charge in [0.15, 0.2) is 11.8 Å². The van der Waals surface area contributed by atoms with E-state index in [0.29, 0.717) is 12.0 Å². The second-order valence-electron chi connectivity index (χ2n) is 8.52. The molecule has 1 saturated carbocycles. The summed E-state index contributed by atoms with van der Waals surface area (Å²) < 4.78 is 2.02. The smallest absolute Gasteiger partial charge is 0.194 e. The van der Waals surface area contributed by atoms with E-state index < -0.39 is 0 Å². The van der Waals surface area contributed by atoms with Crippen LogP contribution in [-0.4, -0.2) is 38.7 Å². The number of likely N-dealkylation sites (tertiary alicyclic amines) is 1. The molecule has 1 unspecified atom stereocenters. The molecule has 2 fully saturated rings. The average molecular weight is 381 g/mol. The van der Waals surface area contributed by atoms with Crippen LogP contribution in [0.1, 0.15) is 62.3 Å². The van der Waals surface area contributed by atoms with Gasteiger partial charge in [-0.2, -0.15) is 0 Å². The van der Waals surface area contributed by atoms with Crippen molar-refractivity contribution in [1.82, 2.24) is 25.0 Å². The van der Waals surface area contributed by atoms with E-state index in [0.717, 1.165) is 30.7 Å². The van der Waals surface area contributed by atoms with Crippen molar-refractivity contribution >= 4 is 5.96 Å². The van der Waals surface area contributed by atoms with Gasteiger partial charge in [0.2, 0.25) is 0 Å². The fourth-order valence-electron chi connectivity index (χ4n) is 4.64. The first-order valence-corrected chi connectivity index (χ1v) is 10.5. The van der Waals surface area contributed by atoms with Gasteiger partial charge in [0.25, 0.3) is 0 Å². The molecule has 4 rings (SSSR count). The summed E-state index contributed by atoms with van der Waals surface area (Å²) in [4.78, 5) is 7.44. The zero-order valence-electron chi connectivity index (χ0n) is 17.4. The van der Waals surface area contributed by atoms with Gasteiger partial charge in [-0.05, 0) is 44.1 Å². The first kappa shape index (κ1) is 19.0. The molecule has 1 N–H and O–H groups in total. The topological polar surface area (TPSA) is 58.3 Å². The van der Waals surface area contributed by atoms with Gasteiger partial charge >= 0.3 is 0 Å². The minimum Gasteiger partial charge on any atom is -0.350 e. The van der Waals surface area contributed by atoms with Crippen molar-refractivity contribution in [3.63, 3.8) is 0 Å². The fourth-order valence-corrected chi connectivity index (χ4v) is 4.64. The predicted molar refractivity (Wildman–Crippen MR) is 112 cm³/mol. The number of aliphatic imine (C=N–C) groups is 1. The SMILES string of the molecule is Cc1nnc(CN=C(NC(C)c2ccccc2)N2CCC3(CCCC3)C2)n1C. The Morgan fingerprint density at radius 3 is 2.61 bits per heavy atom. The number of guanidine groups is 1. The number of hydrogen-bond donors (Lipinski definition) is 1. The van der Waals surface area contributed by atoms with E-state index >= 15 is 0 Å². The monoisotopic (exact) mass is 380 g/mol. The van der Waals surface area contributed by atoms with Gasteiger partial charge in [0.05, 0.1) is 6.04 Å². The van der Waals surface area contributed by atoms with Crippen molar-refractivity contribution in [2.45, 2.75) is 58.5 Å². The molecule has 2 aliphatic rings. The van der Waals surface area contributed by atoms with E-state index in [1.54, 1.807) is 0 Å². The Morgan fingerprint density at radius 2 is 1.93 bits per heavy atom. The number of aromatic nitrogens is 3. The molecule has 0 bridgehead atoms. The first-order chi connectivity index (χ1) is 13.6. The number of aryl methyl sites for hydroxylation is 1. The molecule has 2 heterocycles. The molecule has 6 heteroatoms. The molecule has 150 valence electrons. The highest BCUT2D eigenvalue weighted by atomic mass is 15.3. The van der Waals surface area contributed by atoms with Crippen LogP contribution in [0.2, 0.25) is 0 Å². The van der Waals surface area contributed by atoms with Gasteiger partial charge in [0, 0.05) is 20.1 Å². The van der Waals surface area contributed by atoms with Crippen LogP contribution >= 0.6 is 0 Å². The largest absolute Gasteiger partial charge is 0.350 e. The third-order valence-electron chi connectivity index (χ3n) is 6.60. The molecular weight excluding hydrogens is 348 g/mol. The van der Waals surface area contributed by atoms with E-state index in [1.807, 2.05) is 18.5 Å². The van der Waals surface area contributed by atoms with Crippen molar-refractivity contribution in [2.75, 3.05) is 13.1 Å². The van der Waals surface area contributed by atoms with Crippen molar-refractivity contribution in [3.8, 4) is 0 Å². The van der Waals surface area contributed by atoms with Crippen LogP contribution in [0.3, 0.4) is 0 Å². The average Bonchev–Trinajstić information content (AvgIpc) is 3.43. The third kappa shape index (κ3) is 3.91. The summed E-state index contributed by atoms with van der Waals surface area (Å²) in [6.45, 7) is 6.94. The summed E-state index contributed by atoms with van der Waals surface area (Å²) in [5.74, 6) is 2.82. The molecule has 6 nitrogen and oxygen atoms in total. The molecule has 1 saturated heterocycles. The summed E-state index contributed by atoms with van der Waals surface area (Å²) in [5.41, 5.74) is 1.79. The van der Waals surface area contributed by atoms with E-state index in [9.17, 15) is 0 Å². The Hall–Kier alpha value is -2.37. The highest BCUT2D eigenvalue weighted by molar-refractivity contribution is 5.80. The second-order valence-corrected chi connectivity index (χ2v) is 8.52. The summed E-state index contributed by atoms with van der Waals surface area (Å²) in [6.07, 6.45) is 6.79. The zero-order valence-corrected chi connectivity index (χ0v) is 17.4. The van der Waals surface area contributed by atoms with Crippen LogP contribution in [0.25, 0.3) is 0 Å². The molecule has 0 amide bonds. The molecule has 1 atom stereocenters. The Morgan fingerprint density at radius 1 is 1.18 bits per heavy atom. The van der Waals surface area contributed by atoms with Gasteiger partial charge in [0.1, 0.15) is 12.4 Å². The van der Waals surface area contributed by atoms with Gasteiger partial charge in [-0.1, -0.05) is 43.2 Å². The maximum absolute atomic E-state index is 4.98. The fraction of sp³-hybridized carbons (Fsp3) is 0.591. The van der Waals surface area contributed by atoms with Crippen molar-refractivity contribution < 1.29 is 0 Å². The van der Waals surface area contributed by atoms with Gasteiger partial charge in [-0.3, -0.25) is 0 Å².